The lowest BCUT2D eigenvalue weighted by atomic mass is 10.0. The molecule has 1 N–H and O–H groups in total. The Morgan fingerprint density at radius 3 is 2.34 bits per heavy atom. The predicted octanol–water partition coefficient (Wildman–Crippen LogP) is 8.75. The zero-order chi connectivity index (χ0) is 39.1. The van der Waals surface area contributed by atoms with Crippen LogP contribution < -0.4 is 15.5 Å². The zero-order valence-electron chi connectivity index (χ0n) is 31.1. The number of likely N-dealkylation sites (tertiary alicyclic amines) is 1. The number of alkyl halides is 4. The number of carbonyl (C=O) groups is 2. The number of piperidine rings is 1. The van der Waals surface area contributed by atoms with Crippen LogP contribution in [0.25, 0.3) is 21.9 Å². The molecule has 0 radical (unpaired) electrons. The minimum atomic E-state index is -4.60. The van der Waals surface area contributed by atoms with E-state index in [1.165, 1.54) is 28.2 Å². The van der Waals surface area contributed by atoms with E-state index in [1.54, 1.807) is 85.2 Å². The van der Waals surface area contributed by atoms with Crippen molar-refractivity contribution < 1.29 is 45.6 Å². The molecule has 2 atom stereocenters. The third-order valence-corrected chi connectivity index (χ3v) is 9.88. The summed E-state index contributed by atoms with van der Waals surface area (Å²) in [6.07, 6.45) is -5.80. The molecule has 2 aromatic carbocycles. The van der Waals surface area contributed by atoms with Gasteiger partial charge in [0.25, 0.3) is 0 Å². The molecule has 1 saturated heterocycles. The molecular weight excluding hydrogens is 715 g/mol. The maximum Gasteiger partial charge on any atom is 0.415 e. The average molecular weight is 761 g/mol. The Hall–Kier alpha value is -4.63. The van der Waals surface area contributed by atoms with E-state index >= 15 is 4.39 Å². The van der Waals surface area contributed by atoms with Crippen molar-refractivity contribution in [2.45, 2.75) is 84.1 Å². The van der Waals surface area contributed by atoms with E-state index in [2.05, 4.69) is 17.2 Å². The first-order chi connectivity index (χ1) is 24.5. The fourth-order valence-corrected chi connectivity index (χ4v) is 7.30. The maximum absolute atomic E-state index is 15.4. The number of furan rings is 1. The van der Waals surface area contributed by atoms with Crippen LogP contribution in [0.15, 0.2) is 53.1 Å². The monoisotopic (exact) mass is 760 g/mol. The van der Waals surface area contributed by atoms with Gasteiger partial charge in [-0.2, -0.15) is 13.2 Å². The summed E-state index contributed by atoms with van der Waals surface area (Å²) in [4.78, 5) is 28.6. The van der Waals surface area contributed by atoms with Gasteiger partial charge in [0.2, 0.25) is 0 Å². The molecule has 10 nitrogen and oxygen atoms in total. The lowest BCUT2D eigenvalue weighted by molar-refractivity contribution is -0.140. The Labute approximate surface area is 306 Å². The Kier molecular flexibility index (Phi) is 10.9. The number of amides is 2. The number of fused-ring (bicyclic) bond motifs is 2. The molecule has 1 aliphatic rings. The van der Waals surface area contributed by atoms with Gasteiger partial charge in [-0.3, -0.25) is 4.90 Å². The second-order valence-electron chi connectivity index (χ2n) is 15.4. The number of carbonyl (C=O) groups excluding carboxylic acids is 2. The Balaban J connectivity index is 1.48. The lowest BCUT2D eigenvalue weighted by Crippen LogP contribution is -2.51. The molecule has 1 aliphatic heterocycles. The van der Waals surface area contributed by atoms with Crippen LogP contribution in [-0.4, -0.2) is 84.2 Å². The van der Waals surface area contributed by atoms with Gasteiger partial charge in [-0.05, 0) is 104 Å². The first-order valence-corrected chi connectivity index (χ1v) is 19.7. The number of halogens is 4. The van der Waals surface area contributed by atoms with Crippen LogP contribution in [0.2, 0.25) is 0 Å². The van der Waals surface area contributed by atoms with Crippen LogP contribution in [0, 0.1) is 11.8 Å². The van der Waals surface area contributed by atoms with Gasteiger partial charge < -0.3 is 33.2 Å². The SMILES string of the molecule is CC(C)(C)OC(=O)N1CC[C@@H](Nc2cccc3c2cc(C#CCN(C(=O)OC(C)(C)C)c2ccc(P(C)(C)=O)c4ccoc24)n3CC(F)(F)F)[C@@H](F)C1. The van der Waals surface area contributed by atoms with Crippen LogP contribution in [0.1, 0.15) is 53.7 Å². The number of nitrogens with zero attached hydrogens (tertiary/aromatic N) is 3. The molecule has 0 aliphatic carbocycles. The number of aromatic nitrogens is 1. The third-order valence-electron chi connectivity index (χ3n) is 8.33. The third kappa shape index (κ3) is 9.68. The van der Waals surface area contributed by atoms with Crippen LogP contribution in [0.5, 0.6) is 0 Å². The smallest absolute Gasteiger partial charge is 0.415 e. The molecule has 3 heterocycles. The highest BCUT2D eigenvalue weighted by Crippen LogP contribution is 2.40. The first-order valence-electron chi connectivity index (χ1n) is 17.1. The van der Waals surface area contributed by atoms with E-state index in [9.17, 15) is 27.3 Å². The normalized spacial score (nSPS) is 17.0. The van der Waals surface area contributed by atoms with Crippen LogP contribution in [0.3, 0.4) is 0 Å². The number of ether oxygens (including phenoxy) is 2. The van der Waals surface area contributed by atoms with Crippen molar-refractivity contribution in [3.63, 3.8) is 0 Å². The fourth-order valence-electron chi connectivity index (χ4n) is 6.11. The van der Waals surface area contributed by atoms with E-state index in [0.717, 1.165) is 4.57 Å². The number of hydrogen-bond donors (Lipinski definition) is 1. The molecule has 0 saturated carbocycles. The van der Waals surface area contributed by atoms with Crippen molar-refractivity contribution in [1.29, 1.82) is 0 Å². The molecule has 1 fully saturated rings. The van der Waals surface area contributed by atoms with Crippen molar-refractivity contribution in [3.8, 4) is 11.8 Å². The molecule has 15 heteroatoms. The second kappa shape index (κ2) is 14.7. The van der Waals surface area contributed by atoms with Gasteiger partial charge in [-0.25, -0.2) is 14.0 Å². The molecule has 286 valence electrons. The van der Waals surface area contributed by atoms with Gasteiger partial charge in [-0.15, -0.1) is 0 Å². The van der Waals surface area contributed by atoms with Crippen molar-refractivity contribution >= 4 is 57.9 Å². The van der Waals surface area contributed by atoms with Gasteiger partial charge in [0, 0.05) is 28.3 Å². The van der Waals surface area contributed by atoms with Crippen molar-refractivity contribution in [2.75, 3.05) is 43.2 Å². The van der Waals surface area contributed by atoms with Crippen LogP contribution >= 0.6 is 7.14 Å². The first kappa shape index (κ1) is 39.6. The van der Waals surface area contributed by atoms with Gasteiger partial charge in [0.05, 0.1) is 42.3 Å². The van der Waals surface area contributed by atoms with Gasteiger partial charge in [0.15, 0.2) is 5.58 Å². The lowest BCUT2D eigenvalue weighted by Gasteiger charge is -2.36. The number of benzene rings is 2. The van der Waals surface area contributed by atoms with Crippen molar-refractivity contribution in [2.24, 2.45) is 0 Å². The summed E-state index contributed by atoms with van der Waals surface area (Å²) in [5.41, 5.74) is -0.413. The second-order valence-corrected chi connectivity index (χ2v) is 18.6. The quantitative estimate of drug-likeness (QED) is 0.119. The van der Waals surface area contributed by atoms with Crippen molar-refractivity contribution in [3.05, 3.63) is 54.4 Å². The molecular formula is C38H45F4N4O6P. The Morgan fingerprint density at radius 1 is 1.02 bits per heavy atom. The highest BCUT2D eigenvalue weighted by Gasteiger charge is 2.35. The highest BCUT2D eigenvalue weighted by atomic mass is 31.2. The number of nitrogens with one attached hydrogen (secondary N) is 1. The summed E-state index contributed by atoms with van der Waals surface area (Å²) in [7, 11) is -2.73. The van der Waals surface area contributed by atoms with E-state index in [4.69, 9.17) is 13.9 Å². The molecule has 4 aromatic rings. The van der Waals surface area contributed by atoms with Crippen LogP contribution in [0.4, 0.5) is 38.5 Å². The summed E-state index contributed by atoms with van der Waals surface area (Å²) in [5, 5.41) is 4.66. The molecule has 2 amide bonds. The molecule has 0 spiro atoms. The molecule has 0 bridgehead atoms. The molecule has 5 rings (SSSR count). The van der Waals surface area contributed by atoms with Gasteiger partial charge in [0.1, 0.15) is 31.1 Å². The fraction of sp³-hybridized carbons (Fsp3) is 0.474. The van der Waals surface area contributed by atoms with E-state index < -0.39 is 55.5 Å². The highest BCUT2D eigenvalue weighted by molar-refractivity contribution is 7.70. The Bertz CT molecular complexity index is 2110. The molecule has 0 unspecified atom stereocenters. The van der Waals surface area contributed by atoms with E-state index in [1.807, 2.05) is 0 Å². The van der Waals surface area contributed by atoms with E-state index in [-0.39, 0.29) is 48.5 Å². The maximum atomic E-state index is 15.4. The summed E-state index contributed by atoms with van der Waals surface area (Å²) < 4.78 is 88.1. The number of anilines is 2. The summed E-state index contributed by atoms with van der Waals surface area (Å²) in [5.74, 6) is 5.68. The average Bonchev–Trinajstić information content (AvgIpc) is 3.63. The molecule has 2 aromatic heterocycles. The Morgan fingerprint density at radius 2 is 1.72 bits per heavy atom. The van der Waals surface area contributed by atoms with Crippen LogP contribution in [-0.2, 0) is 20.6 Å². The topological polar surface area (TPSA) is 106 Å². The summed E-state index contributed by atoms with van der Waals surface area (Å²) in [6.45, 7) is 11.9. The minimum Gasteiger partial charge on any atom is -0.462 e. The number of rotatable bonds is 6. The largest absolute Gasteiger partial charge is 0.462 e. The summed E-state index contributed by atoms with van der Waals surface area (Å²) >= 11 is 0. The molecule has 53 heavy (non-hydrogen) atoms. The summed E-state index contributed by atoms with van der Waals surface area (Å²) in [6, 6.07) is 10.4. The standard InChI is InChI=1S/C38H45F4N4O6P/c1-36(2,3)51-34(47)44-19-16-29(27(39)22-44)43-28-12-9-13-30-26(28)21-24(46(30)23-38(40,41)42)11-10-18-45(35(48)52-37(4,5)6)31-14-15-32(53(7,8)49)25-17-20-50-33(25)31/h9,12-15,17,20-21,27,29,43H,16,18-19,22-23H2,1-8H3/t27-,29+/m0/s1. The van der Waals surface area contributed by atoms with Gasteiger partial charge >= 0.3 is 18.4 Å². The zero-order valence-corrected chi connectivity index (χ0v) is 32.0. The predicted molar refractivity (Wildman–Crippen MR) is 198 cm³/mol. The number of hydrogen-bond acceptors (Lipinski definition) is 7. The van der Waals surface area contributed by atoms with Gasteiger partial charge in [-0.1, -0.05) is 12.0 Å². The van der Waals surface area contributed by atoms with E-state index in [0.29, 0.717) is 21.8 Å². The van der Waals surface area contributed by atoms with Crippen molar-refractivity contribution in [1.82, 2.24) is 9.47 Å². The minimum absolute atomic E-state index is 0.0173.